The molecule has 0 aromatic rings. The Hall–Kier alpha value is -0.320. The highest BCUT2D eigenvalue weighted by Crippen LogP contribution is 2.18. The van der Waals surface area contributed by atoms with Gasteiger partial charge in [0.2, 0.25) is 0 Å². The fourth-order valence-corrected chi connectivity index (χ4v) is 2.12. The van der Waals surface area contributed by atoms with Gasteiger partial charge in [0.25, 0.3) is 0 Å². The van der Waals surface area contributed by atoms with Crippen molar-refractivity contribution in [3.63, 3.8) is 0 Å². The van der Waals surface area contributed by atoms with E-state index in [2.05, 4.69) is 17.2 Å². The van der Waals surface area contributed by atoms with E-state index in [-0.39, 0.29) is 18.5 Å². The standard InChI is InChI=1S/C15H33N3O5/c16-4-1-7-19-10-13-11-22-15(23-13)14(21-9-3-6-18)12-20-8-2-5-17/h13-15H,1-12,16-18H2/p+3. The Bertz CT molecular complexity index is 273. The summed E-state index contributed by atoms with van der Waals surface area (Å²) in [6.45, 7) is 6.19. The van der Waals surface area contributed by atoms with Crippen molar-refractivity contribution in [2.75, 3.05) is 59.3 Å². The normalized spacial score (nSPS) is 22.6. The monoisotopic (exact) mass is 338 g/mol. The number of quaternary nitrogens is 3. The zero-order valence-electron chi connectivity index (χ0n) is 14.4. The van der Waals surface area contributed by atoms with E-state index in [1.807, 2.05) is 0 Å². The first-order valence-electron chi connectivity index (χ1n) is 8.73. The lowest BCUT2D eigenvalue weighted by molar-refractivity contribution is -0.371. The molecule has 0 radical (unpaired) electrons. The average molecular weight is 338 g/mol. The van der Waals surface area contributed by atoms with Crippen LogP contribution in [-0.4, -0.2) is 77.8 Å². The lowest BCUT2D eigenvalue weighted by Gasteiger charge is -2.23. The lowest BCUT2D eigenvalue weighted by Crippen LogP contribution is -2.51. The molecule has 1 saturated heterocycles. The Morgan fingerprint density at radius 3 is 2.26 bits per heavy atom. The average Bonchev–Trinajstić information content (AvgIpc) is 3.03. The Balaban J connectivity index is 2.28. The predicted molar refractivity (Wildman–Crippen MR) is 83.1 cm³/mol. The fraction of sp³-hybridized carbons (Fsp3) is 1.00. The van der Waals surface area contributed by atoms with Crippen molar-refractivity contribution >= 4 is 0 Å². The van der Waals surface area contributed by atoms with Crippen LogP contribution in [0, 0.1) is 0 Å². The molecule has 1 fully saturated rings. The molecule has 3 atom stereocenters. The van der Waals surface area contributed by atoms with Crippen LogP contribution in [0.4, 0.5) is 0 Å². The van der Waals surface area contributed by atoms with Crippen molar-refractivity contribution < 1.29 is 40.9 Å². The molecule has 1 aliphatic heterocycles. The zero-order chi connectivity index (χ0) is 16.8. The molecule has 0 aromatic carbocycles. The van der Waals surface area contributed by atoms with Crippen LogP contribution in [0.1, 0.15) is 19.3 Å². The highest BCUT2D eigenvalue weighted by molar-refractivity contribution is 4.72. The van der Waals surface area contributed by atoms with E-state index in [0.29, 0.717) is 39.6 Å². The summed E-state index contributed by atoms with van der Waals surface area (Å²) in [7, 11) is 0. The van der Waals surface area contributed by atoms with E-state index < -0.39 is 0 Å². The van der Waals surface area contributed by atoms with Crippen LogP contribution in [0.3, 0.4) is 0 Å². The molecular formula is C15H36N3O5+3. The first kappa shape index (κ1) is 20.7. The van der Waals surface area contributed by atoms with Crippen LogP contribution < -0.4 is 17.2 Å². The second-order valence-electron chi connectivity index (χ2n) is 5.64. The van der Waals surface area contributed by atoms with Gasteiger partial charge in [-0.15, -0.1) is 0 Å². The molecule has 0 saturated carbocycles. The summed E-state index contributed by atoms with van der Waals surface area (Å²) in [5, 5.41) is 0. The van der Waals surface area contributed by atoms with Gasteiger partial charge in [0, 0.05) is 19.3 Å². The van der Waals surface area contributed by atoms with Gasteiger partial charge in [0.15, 0.2) is 6.29 Å². The molecule has 138 valence electrons. The molecular weight excluding hydrogens is 302 g/mol. The fourth-order valence-electron chi connectivity index (χ4n) is 2.12. The molecule has 0 amide bonds. The Morgan fingerprint density at radius 2 is 1.57 bits per heavy atom. The molecule has 0 aromatic heterocycles. The second-order valence-corrected chi connectivity index (χ2v) is 5.64. The maximum Gasteiger partial charge on any atom is 0.186 e. The maximum atomic E-state index is 5.90. The molecule has 0 bridgehead atoms. The minimum Gasteiger partial charge on any atom is -0.378 e. The van der Waals surface area contributed by atoms with Crippen molar-refractivity contribution in [3.8, 4) is 0 Å². The van der Waals surface area contributed by atoms with E-state index in [9.17, 15) is 0 Å². The zero-order valence-corrected chi connectivity index (χ0v) is 14.4. The van der Waals surface area contributed by atoms with E-state index >= 15 is 0 Å². The predicted octanol–water partition coefficient (Wildman–Crippen LogP) is -2.96. The Labute approximate surface area is 138 Å². The summed E-state index contributed by atoms with van der Waals surface area (Å²) in [6.07, 6.45) is 2.19. The van der Waals surface area contributed by atoms with Gasteiger partial charge in [-0.2, -0.15) is 0 Å². The van der Waals surface area contributed by atoms with Crippen LogP contribution >= 0.6 is 0 Å². The van der Waals surface area contributed by atoms with Crippen molar-refractivity contribution in [3.05, 3.63) is 0 Å². The quantitative estimate of drug-likeness (QED) is 0.275. The van der Waals surface area contributed by atoms with Crippen molar-refractivity contribution in [2.24, 2.45) is 0 Å². The molecule has 1 heterocycles. The minimum atomic E-state index is -0.388. The molecule has 9 N–H and O–H groups in total. The molecule has 1 aliphatic rings. The third-order valence-corrected chi connectivity index (χ3v) is 3.47. The number of ether oxygens (including phenoxy) is 5. The molecule has 0 spiro atoms. The van der Waals surface area contributed by atoms with Crippen molar-refractivity contribution in [2.45, 2.75) is 37.8 Å². The van der Waals surface area contributed by atoms with Crippen LogP contribution in [0.5, 0.6) is 0 Å². The summed E-state index contributed by atoms with van der Waals surface area (Å²) in [4.78, 5) is 0. The highest BCUT2D eigenvalue weighted by atomic mass is 16.7. The van der Waals surface area contributed by atoms with Gasteiger partial charge in [-0.1, -0.05) is 0 Å². The number of hydrogen-bond donors (Lipinski definition) is 3. The first-order chi connectivity index (χ1) is 11.3. The molecule has 1 rings (SSSR count). The van der Waals surface area contributed by atoms with E-state index in [1.165, 1.54) is 0 Å². The summed E-state index contributed by atoms with van der Waals surface area (Å²) >= 11 is 0. The topological polar surface area (TPSA) is 129 Å². The Morgan fingerprint density at radius 1 is 0.913 bits per heavy atom. The second kappa shape index (κ2) is 14.1. The van der Waals surface area contributed by atoms with Crippen LogP contribution in [0.15, 0.2) is 0 Å². The van der Waals surface area contributed by atoms with Crippen LogP contribution in [0.25, 0.3) is 0 Å². The maximum absolute atomic E-state index is 5.90. The van der Waals surface area contributed by atoms with Gasteiger partial charge in [-0.3, -0.25) is 0 Å². The van der Waals surface area contributed by atoms with Gasteiger partial charge in [-0.25, -0.2) is 0 Å². The summed E-state index contributed by atoms with van der Waals surface area (Å²) < 4.78 is 28.7. The summed E-state index contributed by atoms with van der Waals surface area (Å²) in [6, 6.07) is 0. The highest BCUT2D eigenvalue weighted by Gasteiger charge is 2.33. The molecule has 23 heavy (non-hydrogen) atoms. The van der Waals surface area contributed by atoms with Crippen molar-refractivity contribution in [1.29, 1.82) is 0 Å². The van der Waals surface area contributed by atoms with E-state index in [0.717, 1.165) is 38.9 Å². The molecule has 8 nitrogen and oxygen atoms in total. The minimum absolute atomic E-state index is 0.0383. The van der Waals surface area contributed by atoms with Gasteiger partial charge in [-0.05, 0) is 0 Å². The number of hydrogen-bond acceptors (Lipinski definition) is 5. The Kier molecular flexibility index (Phi) is 12.7. The van der Waals surface area contributed by atoms with Crippen LogP contribution in [-0.2, 0) is 23.7 Å². The number of rotatable bonds is 15. The molecule has 3 unspecified atom stereocenters. The largest absolute Gasteiger partial charge is 0.378 e. The van der Waals surface area contributed by atoms with Crippen LogP contribution in [0.2, 0.25) is 0 Å². The molecule has 8 heteroatoms. The summed E-state index contributed by atoms with van der Waals surface area (Å²) in [5.74, 6) is 0. The lowest BCUT2D eigenvalue weighted by atomic mass is 10.3. The third kappa shape index (κ3) is 9.53. The summed E-state index contributed by atoms with van der Waals surface area (Å²) in [5.41, 5.74) is 11.4. The molecule has 0 aliphatic carbocycles. The van der Waals surface area contributed by atoms with E-state index in [4.69, 9.17) is 23.7 Å². The first-order valence-corrected chi connectivity index (χ1v) is 8.73. The SMILES string of the molecule is [NH3+]CCCOCC1COC(C(COCCC[NH3+])OCCC[NH3+])O1. The van der Waals surface area contributed by atoms with Gasteiger partial charge in [0.1, 0.15) is 12.2 Å². The van der Waals surface area contributed by atoms with Gasteiger partial charge < -0.3 is 40.9 Å². The third-order valence-electron chi connectivity index (χ3n) is 3.47. The van der Waals surface area contributed by atoms with Gasteiger partial charge in [0.05, 0.1) is 59.3 Å². The smallest absolute Gasteiger partial charge is 0.186 e. The van der Waals surface area contributed by atoms with Gasteiger partial charge >= 0.3 is 0 Å². The van der Waals surface area contributed by atoms with E-state index in [1.54, 1.807) is 0 Å². The van der Waals surface area contributed by atoms with Crippen molar-refractivity contribution in [1.82, 2.24) is 0 Å².